The average Bonchev–Trinajstić information content (AvgIpc) is 3.02. The van der Waals surface area contributed by atoms with Crippen LogP contribution in [0.1, 0.15) is 31.4 Å². The number of alkyl halides is 1. The number of rotatable bonds is 3. The molecule has 1 aliphatic heterocycles. The predicted molar refractivity (Wildman–Crippen MR) is 77.6 cm³/mol. The van der Waals surface area contributed by atoms with E-state index < -0.39 is 0 Å². The van der Waals surface area contributed by atoms with Gasteiger partial charge in [-0.2, -0.15) is 0 Å². The van der Waals surface area contributed by atoms with Gasteiger partial charge in [-0.3, -0.25) is 9.88 Å². The van der Waals surface area contributed by atoms with Crippen LogP contribution in [0.5, 0.6) is 0 Å². The van der Waals surface area contributed by atoms with E-state index in [2.05, 4.69) is 19.8 Å². The van der Waals surface area contributed by atoms with Gasteiger partial charge < -0.3 is 4.90 Å². The molecular weight excluding hydrogens is 260 g/mol. The molecule has 0 atom stereocenters. The molecule has 3 rings (SSSR count). The number of hydrogen-bond donors (Lipinski definition) is 0. The van der Waals surface area contributed by atoms with Crippen LogP contribution in [-0.4, -0.2) is 47.1 Å². The summed E-state index contributed by atoms with van der Waals surface area (Å²) in [6.45, 7) is 4.43. The van der Waals surface area contributed by atoms with Gasteiger partial charge in [0.25, 0.3) is 0 Å². The highest BCUT2D eigenvalue weighted by atomic mass is 35.5. The molecule has 1 aromatic heterocycles. The Kier molecular flexibility index (Phi) is 4.18. The summed E-state index contributed by atoms with van der Waals surface area (Å²) in [5.41, 5.74) is 0.843. The van der Waals surface area contributed by atoms with Gasteiger partial charge in [0.1, 0.15) is 5.82 Å². The quantitative estimate of drug-likeness (QED) is 0.795. The monoisotopic (exact) mass is 280 g/mol. The van der Waals surface area contributed by atoms with Crippen molar-refractivity contribution in [2.24, 2.45) is 0 Å². The molecule has 104 valence electrons. The zero-order valence-corrected chi connectivity index (χ0v) is 12.0. The largest absolute Gasteiger partial charge is 0.353 e. The minimum atomic E-state index is 0.433. The Morgan fingerprint density at radius 3 is 2.37 bits per heavy atom. The summed E-state index contributed by atoms with van der Waals surface area (Å²) in [7, 11) is 0. The lowest BCUT2D eigenvalue weighted by atomic mass is 10.2. The number of hydrogen-bond acceptors (Lipinski definition) is 4. The van der Waals surface area contributed by atoms with Gasteiger partial charge in [-0.1, -0.05) is 12.8 Å². The Bertz CT molecular complexity index is 394. The van der Waals surface area contributed by atoms with Gasteiger partial charge >= 0.3 is 0 Å². The van der Waals surface area contributed by atoms with Crippen LogP contribution in [0.3, 0.4) is 0 Å². The lowest BCUT2D eigenvalue weighted by Crippen LogP contribution is -2.50. The van der Waals surface area contributed by atoms with Gasteiger partial charge in [-0.15, -0.1) is 11.6 Å². The third kappa shape index (κ3) is 3.00. The fraction of sp³-hybridized carbons (Fsp3) is 0.714. The Hall–Kier alpha value is -0.870. The van der Waals surface area contributed by atoms with E-state index in [-0.39, 0.29) is 0 Å². The van der Waals surface area contributed by atoms with Crippen LogP contribution in [0.25, 0.3) is 0 Å². The second-order valence-corrected chi connectivity index (χ2v) is 5.73. The summed E-state index contributed by atoms with van der Waals surface area (Å²) in [6, 6.07) is 0.840. The lowest BCUT2D eigenvalue weighted by molar-refractivity contribution is 0.187. The number of nitrogens with zero attached hydrogens (tertiary/aromatic N) is 4. The Labute approximate surface area is 119 Å². The van der Waals surface area contributed by atoms with Crippen molar-refractivity contribution in [1.82, 2.24) is 14.9 Å². The van der Waals surface area contributed by atoms with Gasteiger partial charge in [-0.25, -0.2) is 4.98 Å². The molecule has 1 aliphatic carbocycles. The first-order valence-electron chi connectivity index (χ1n) is 7.22. The van der Waals surface area contributed by atoms with Crippen molar-refractivity contribution >= 4 is 17.4 Å². The van der Waals surface area contributed by atoms with E-state index in [0.717, 1.165) is 43.7 Å². The third-order valence-electron chi connectivity index (χ3n) is 4.31. The maximum Gasteiger partial charge on any atom is 0.147 e. The van der Waals surface area contributed by atoms with Gasteiger partial charge in [0.2, 0.25) is 0 Å². The zero-order chi connectivity index (χ0) is 13.1. The van der Waals surface area contributed by atoms with Crippen molar-refractivity contribution in [3.63, 3.8) is 0 Å². The number of halogens is 1. The lowest BCUT2D eigenvalue weighted by Gasteiger charge is -2.38. The molecule has 1 saturated carbocycles. The third-order valence-corrected chi connectivity index (χ3v) is 4.58. The zero-order valence-electron chi connectivity index (χ0n) is 11.3. The molecule has 2 heterocycles. The van der Waals surface area contributed by atoms with E-state index in [9.17, 15) is 0 Å². The van der Waals surface area contributed by atoms with Crippen LogP contribution in [0.15, 0.2) is 12.4 Å². The molecule has 1 aromatic rings. The van der Waals surface area contributed by atoms with Crippen LogP contribution in [0.4, 0.5) is 5.82 Å². The highest BCUT2D eigenvalue weighted by Crippen LogP contribution is 2.25. The summed E-state index contributed by atoms with van der Waals surface area (Å²) >= 11 is 5.73. The van der Waals surface area contributed by atoms with Crippen LogP contribution in [0, 0.1) is 0 Å². The molecule has 5 heteroatoms. The second-order valence-electron chi connectivity index (χ2n) is 5.46. The molecule has 0 spiro atoms. The Balaban J connectivity index is 1.56. The van der Waals surface area contributed by atoms with Crippen molar-refractivity contribution in [3.8, 4) is 0 Å². The fourth-order valence-corrected chi connectivity index (χ4v) is 3.30. The van der Waals surface area contributed by atoms with Gasteiger partial charge in [-0.05, 0) is 12.8 Å². The second kappa shape index (κ2) is 6.06. The van der Waals surface area contributed by atoms with Gasteiger partial charge in [0.15, 0.2) is 0 Å². The van der Waals surface area contributed by atoms with Crippen LogP contribution in [0.2, 0.25) is 0 Å². The van der Waals surface area contributed by atoms with Crippen molar-refractivity contribution in [2.45, 2.75) is 37.6 Å². The minimum absolute atomic E-state index is 0.433. The smallest absolute Gasteiger partial charge is 0.147 e. The number of anilines is 1. The standard InChI is InChI=1S/C14H21ClN4/c15-9-12-10-17-14(11-16-12)19-7-5-18(6-8-19)13-3-1-2-4-13/h10-11,13H,1-9H2. The predicted octanol–water partition coefficient (Wildman–Crippen LogP) is 2.28. The number of piperazine rings is 1. The molecule has 0 unspecified atom stereocenters. The SMILES string of the molecule is ClCc1cnc(N2CCN(C3CCCC3)CC2)cn1. The molecular formula is C14H21ClN4. The van der Waals surface area contributed by atoms with E-state index >= 15 is 0 Å². The summed E-state index contributed by atoms with van der Waals surface area (Å²) in [5, 5.41) is 0. The highest BCUT2D eigenvalue weighted by molar-refractivity contribution is 6.16. The molecule has 0 amide bonds. The van der Waals surface area contributed by atoms with E-state index in [0.29, 0.717) is 5.88 Å². The van der Waals surface area contributed by atoms with E-state index in [1.54, 1.807) is 6.20 Å². The summed E-state index contributed by atoms with van der Waals surface area (Å²) in [4.78, 5) is 13.8. The molecule has 4 nitrogen and oxygen atoms in total. The van der Waals surface area contributed by atoms with Crippen LogP contribution >= 0.6 is 11.6 Å². The molecule has 1 saturated heterocycles. The van der Waals surface area contributed by atoms with Crippen LogP contribution in [-0.2, 0) is 5.88 Å². The molecule has 0 N–H and O–H groups in total. The van der Waals surface area contributed by atoms with Crippen molar-refractivity contribution < 1.29 is 0 Å². The molecule has 19 heavy (non-hydrogen) atoms. The highest BCUT2D eigenvalue weighted by Gasteiger charge is 2.26. The number of aromatic nitrogens is 2. The Morgan fingerprint density at radius 2 is 1.79 bits per heavy atom. The topological polar surface area (TPSA) is 32.3 Å². The first kappa shape index (κ1) is 13.1. The molecule has 0 aromatic carbocycles. The van der Waals surface area contributed by atoms with Gasteiger partial charge in [0, 0.05) is 32.2 Å². The molecule has 2 aliphatic rings. The van der Waals surface area contributed by atoms with Crippen molar-refractivity contribution in [1.29, 1.82) is 0 Å². The maximum atomic E-state index is 5.73. The van der Waals surface area contributed by atoms with E-state index in [1.807, 2.05) is 6.20 Å². The molecule has 0 radical (unpaired) electrons. The van der Waals surface area contributed by atoms with Crippen molar-refractivity contribution in [2.75, 3.05) is 31.1 Å². The summed E-state index contributed by atoms with van der Waals surface area (Å²) in [5.74, 6) is 1.42. The first-order chi connectivity index (χ1) is 9.36. The fourth-order valence-electron chi connectivity index (χ4n) is 3.17. The van der Waals surface area contributed by atoms with E-state index in [1.165, 1.54) is 25.7 Å². The summed E-state index contributed by atoms with van der Waals surface area (Å²) in [6.07, 6.45) is 9.25. The van der Waals surface area contributed by atoms with Crippen LogP contribution < -0.4 is 4.90 Å². The first-order valence-corrected chi connectivity index (χ1v) is 7.76. The van der Waals surface area contributed by atoms with E-state index in [4.69, 9.17) is 11.6 Å². The van der Waals surface area contributed by atoms with Gasteiger partial charge in [0.05, 0.1) is 24.0 Å². The summed E-state index contributed by atoms with van der Waals surface area (Å²) < 4.78 is 0. The minimum Gasteiger partial charge on any atom is -0.353 e. The Morgan fingerprint density at radius 1 is 1.05 bits per heavy atom. The maximum absolute atomic E-state index is 5.73. The molecule has 0 bridgehead atoms. The van der Waals surface area contributed by atoms with Crippen molar-refractivity contribution in [3.05, 3.63) is 18.1 Å². The normalized spacial score (nSPS) is 22.1. The molecule has 2 fully saturated rings. The average molecular weight is 281 g/mol.